The Bertz CT molecular complexity index is 645. The van der Waals surface area contributed by atoms with Crippen molar-refractivity contribution in [3.05, 3.63) is 65.7 Å². The van der Waals surface area contributed by atoms with Gasteiger partial charge in [-0.3, -0.25) is 9.80 Å². The number of aliphatic hydroxyl groups excluding tert-OH is 1. The van der Waals surface area contributed by atoms with Crippen molar-refractivity contribution >= 4 is 0 Å². The Hall–Kier alpha value is -1.88. The van der Waals surface area contributed by atoms with E-state index in [0.29, 0.717) is 6.04 Å². The molecule has 0 spiro atoms. The van der Waals surface area contributed by atoms with Crippen LogP contribution in [0.25, 0.3) is 0 Å². The molecule has 1 heterocycles. The van der Waals surface area contributed by atoms with Crippen LogP contribution in [0, 0.1) is 0 Å². The van der Waals surface area contributed by atoms with E-state index in [9.17, 15) is 5.11 Å². The molecule has 1 aliphatic rings. The molecule has 0 bridgehead atoms. The zero-order valence-electron chi connectivity index (χ0n) is 15.7. The number of methoxy groups -OCH3 is 1. The summed E-state index contributed by atoms with van der Waals surface area (Å²) in [4.78, 5) is 5.11. The first-order chi connectivity index (χ1) is 12.8. The van der Waals surface area contributed by atoms with Crippen LogP contribution in [0.4, 0.5) is 0 Å². The van der Waals surface area contributed by atoms with Crippen LogP contribution in [-0.4, -0.2) is 54.3 Å². The highest BCUT2D eigenvalue weighted by Gasteiger charge is 2.26. The molecule has 1 atom stereocenters. The lowest BCUT2D eigenvalue weighted by Crippen LogP contribution is -2.52. The number of rotatable bonds is 8. The van der Waals surface area contributed by atoms with E-state index in [1.807, 2.05) is 12.1 Å². The summed E-state index contributed by atoms with van der Waals surface area (Å²) in [6.07, 6.45) is 1.91. The minimum Gasteiger partial charge on any atom is -0.497 e. The lowest BCUT2D eigenvalue weighted by Gasteiger charge is -2.41. The van der Waals surface area contributed by atoms with Crippen molar-refractivity contribution in [2.45, 2.75) is 32.0 Å². The first-order valence-corrected chi connectivity index (χ1v) is 9.52. The Balaban J connectivity index is 1.60. The number of ether oxygens (including phenoxy) is 1. The van der Waals surface area contributed by atoms with E-state index < -0.39 is 0 Å². The Kier molecular flexibility index (Phi) is 7.06. The van der Waals surface area contributed by atoms with E-state index in [1.54, 1.807) is 7.11 Å². The number of hydrogen-bond donors (Lipinski definition) is 1. The Morgan fingerprint density at radius 1 is 0.962 bits per heavy atom. The molecule has 140 valence electrons. The molecule has 0 radical (unpaired) electrons. The predicted molar refractivity (Wildman–Crippen MR) is 105 cm³/mol. The van der Waals surface area contributed by atoms with Gasteiger partial charge in [-0.1, -0.05) is 42.5 Å². The number of piperazine rings is 1. The summed E-state index contributed by atoms with van der Waals surface area (Å²) in [6.45, 7) is 5.44. The van der Waals surface area contributed by atoms with Gasteiger partial charge >= 0.3 is 0 Å². The zero-order chi connectivity index (χ0) is 18.2. The van der Waals surface area contributed by atoms with Crippen molar-refractivity contribution in [1.29, 1.82) is 0 Å². The van der Waals surface area contributed by atoms with Gasteiger partial charge in [0.1, 0.15) is 5.75 Å². The number of hydrogen-bond acceptors (Lipinski definition) is 4. The molecule has 0 saturated carbocycles. The average Bonchev–Trinajstić information content (AvgIpc) is 2.69. The van der Waals surface area contributed by atoms with Crippen molar-refractivity contribution in [2.75, 3.05) is 33.4 Å². The summed E-state index contributed by atoms with van der Waals surface area (Å²) < 4.78 is 5.25. The average molecular weight is 354 g/mol. The van der Waals surface area contributed by atoms with Gasteiger partial charge in [0.05, 0.1) is 7.11 Å². The van der Waals surface area contributed by atoms with Crippen LogP contribution in [0.1, 0.15) is 24.0 Å². The molecule has 4 nitrogen and oxygen atoms in total. The maximum absolute atomic E-state index is 9.28. The van der Waals surface area contributed by atoms with Crippen LogP contribution >= 0.6 is 0 Å². The first-order valence-electron chi connectivity index (χ1n) is 9.52. The number of benzene rings is 2. The monoisotopic (exact) mass is 354 g/mol. The van der Waals surface area contributed by atoms with E-state index >= 15 is 0 Å². The van der Waals surface area contributed by atoms with Crippen molar-refractivity contribution < 1.29 is 9.84 Å². The van der Waals surface area contributed by atoms with Crippen LogP contribution in [0.15, 0.2) is 54.6 Å². The molecule has 0 amide bonds. The SMILES string of the molecule is COc1ccc(CN2CCN(Cc3ccccc3)[C@@H](CCCO)C2)cc1. The molecule has 1 N–H and O–H groups in total. The van der Waals surface area contributed by atoms with Crippen LogP contribution in [0.3, 0.4) is 0 Å². The van der Waals surface area contributed by atoms with E-state index in [1.165, 1.54) is 11.1 Å². The van der Waals surface area contributed by atoms with Crippen LogP contribution in [0.5, 0.6) is 5.75 Å². The van der Waals surface area contributed by atoms with Gasteiger partial charge in [-0.25, -0.2) is 0 Å². The third-order valence-electron chi connectivity index (χ3n) is 5.18. The fourth-order valence-corrected chi connectivity index (χ4v) is 3.72. The minimum atomic E-state index is 0.272. The van der Waals surface area contributed by atoms with Gasteiger partial charge in [-0.05, 0) is 36.1 Å². The second-order valence-electron chi connectivity index (χ2n) is 7.06. The molecule has 26 heavy (non-hydrogen) atoms. The van der Waals surface area contributed by atoms with E-state index in [-0.39, 0.29) is 6.61 Å². The van der Waals surface area contributed by atoms with Gasteiger partial charge in [0, 0.05) is 45.4 Å². The van der Waals surface area contributed by atoms with E-state index in [0.717, 1.165) is 51.3 Å². The van der Waals surface area contributed by atoms with Crippen molar-refractivity contribution in [1.82, 2.24) is 9.80 Å². The van der Waals surface area contributed by atoms with Crippen molar-refractivity contribution in [2.24, 2.45) is 0 Å². The first kappa shape index (κ1) is 18.9. The molecule has 0 aliphatic carbocycles. The van der Waals surface area contributed by atoms with Crippen LogP contribution in [-0.2, 0) is 13.1 Å². The lowest BCUT2D eigenvalue weighted by molar-refractivity contribution is 0.0558. The summed E-state index contributed by atoms with van der Waals surface area (Å²) in [5.41, 5.74) is 2.69. The topological polar surface area (TPSA) is 35.9 Å². The van der Waals surface area contributed by atoms with Crippen molar-refractivity contribution in [3.8, 4) is 5.75 Å². The normalized spacial score (nSPS) is 18.8. The Morgan fingerprint density at radius 2 is 1.69 bits per heavy atom. The highest BCUT2D eigenvalue weighted by atomic mass is 16.5. The summed E-state index contributed by atoms with van der Waals surface area (Å²) >= 11 is 0. The van der Waals surface area contributed by atoms with Gasteiger partial charge in [-0.2, -0.15) is 0 Å². The molecular formula is C22H30N2O2. The summed E-state index contributed by atoms with van der Waals surface area (Å²) in [7, 11) is 1.70. The smallest absolute Gasteiger partial charge is 0.118 e. The molecule has 2 aromatic rings. The predicted octanol–water partition coefficient (Wildman–Crippen LogP) is 3.15. The summed E-state index contributed by atoms with van der Waals surface area (Å²) in [6, 6.07) is 19.5. The van der Waals surface area contributed by atoms with Crippen LogP contribution in [0.2, 0.25) is 0 Å². The zero-order valence-corrected chi connectivity index (χ0v) is 15.7. The molecule has 2 aromatic carbocycles. The maximum Gasteiger partial charge on any atom is 0.118 e. The second-order valence-corrected chi connectivity index (χ2v) is 7.06. The summed E-state index contributed by atoms with van der Waals surface area (Å²) in [5, 5.41) is 9.28. The largest absolute Gasteiger partial charge is 0.497 e. The van der Waals surface area contributed by atoms with E-state index in [4.69, 9.17) is 4.74 Å². The quantitative estimate of drug-likeness (QED) is 0.790. The third kappa shape index (κ3) is 5.31. The Labute approximate surface area is 157 Å². The molecule has 1 fully saturated rings. The molecule has 1 saturated heterocycles. The Morgan fingerprint density at radius 3 is 2.38 bits per heavy atom. The van der Waals surface area contributed by atoms with Crippen molar-refractivity contribution in [3.63, 3.8) is 0 Å². The van der Waals surface area contributed by atoms with E-state index in [2.05, 4.69) is 52.3 Å². The van der Waals surface area contributed by atoms with Gasteiger partial charge < -0.3 is 9.84 Å². The molecular weight excluding hydrogens is 324 g/mol. The molecule has 0 unspecified atom stereocenters. The second kappa shape index (κ2) is 9.72. The lowest BCUT2D eigenvalue weighted by atomic mass is 10.0. The standard InChI is InChI=1S/C22H30N2O2/c1-26-22-11-9-20(10-12-22)16-23-13-14-24(21(18-23)8-5-15-25)17-19-6-3-2-4-7-19/h2-4,6-7,9-12,21,25H,5,8,13-18H2,1H3/t21-/m0/s1. The molecule has 0 aromatic heterocycles. The van der Waals surface area contributed by atoms with Gasteiger partial charge in [0.2, 0.25) is 0 Å². The minimum absolute atomic E-state index is 0.272. The molecule has 4 heteroatoms. The van der Waals surface area contributed by atoms with Crippen LogP contribution < -0.4 is 4.74 Å². The number of nitrogens with zero attached hydrogens (tertiary/aromatic N) is 2. The highest BCUT2D eigenvalue weighted by molar-refractivity contribution is 5.27. The fraction of sp³-hybridized carbons (Fsp3) is 0.455. The summed E-state index contributed by atoms with van der Waals surface area (Å²) in [5.74, 6) is 0.905. The van der Waals surface area contributed by atoms with Gasteiger partial charge in [0.15, 0.2) is 0 Å². The number of aliphatic hydroxyl groups is 1. The molecule has 3 rings (SSSR count). The van der Waals surface area contributed by atoms with Gasteiger partial charge in [0.25, 0.3) is 0 Å². The third-order valence-corrected chi connectivity index (χ3v) is 5.18. The highest BCUT2D eigenvalue weighted by Crippen LogP contribution is 2.20. The fourth-order valence-electron chi connectivity index (χ4n) is 3.72. The van der Waals surface area contributed by atoms with Gasteiger partial charge in [-0.15, -0.1) is 0 Å². The molecule has 1 aliphatic heterocycles. The maximum atomic E-state index is 9.28.